The van der Waals surface area contributed by atoms with E-state index < -0.39 is 23.9 Å². The van der Waals surface area contributed by atoms with E-state index in [4.69, 9.17) is 26.2 Å². The third-order valence-corrected chi connectivity index (χ3v) is 6.95. The van der Waals surface area contributed by atoms with Gasteiger partial charge in [0.25, 0.3) is 0 Å². The van der Waals surface area contributed by atoms with Crippen LogP contribution in [-0.4, -0.2) is 75.4 Å². The predicted molar refractivity (Wildman–Crippen MR) is 166 cm³/mol. The van der Waals surface area contributed by atoms with Crippen molar-refractivity contribution in [3.63, 3.8) is 0 Å². The molecule has 3 unspecified atom stereocenters. The second-order valence-electron chi connectivity index (χ2n) is 11.2. The second kappa shape index (κ2) is 29.2. The van der Waals surface area contributed by atoms with Gasteiger partial charge in [-0.05, 0) is 47.2 Å². The van der Waals surface area contributed by atoms with Gasteiger partial charge in [-0.25, -0.2) is 4.79 Å². The maximum absolute atomic E-state index is 11.9. The largest absolute Gasteiger partial charge is 0.479 e. The van der Waals surface area contributed by atoms with Crippen LogP contribution >= 0.6 is 0 Å². The van der Waals surface area contributed by atoms with E-state index in [0.717, 1.165) is 12.8 Å². The Hall–Kier alpha value is -1.26. The first-order valence-electron chi connectivity index (χ1n) is 15.8. The van der Waals surface area contributed by atoms with Gasteiger partial charge >= 0.3 is 5.97 Å². The number of hydrogen-bond donors (Lipinski definition) is 6. The lowest BCUT2D eigenvalue weighted by Gasteiger charge is -2.23. The zero-order chi connectivity index (χ0) is 31.4. The van der Waals surface area contributed by atoms with Gasteiger partial charge in [0.15, 0.2) is 5.79 Å². The number of carbonyl (C=O) groups excluding carboxylic acids is 1. The molecule has 1 amide bonds. The Kier molecular flexibility index (Phi) is 31.6. The molecule has 0 heterocycles. The number of nitrogens with zero attached hydrogens (tertiary/aromatic N) is 1. The van der Waals surface area contributed by atoms with Crippen LogP contribution in [0.15, 0.2) is 0 Å². The number of carboxylic acid groups (broad SMARTS) is 1. The predicted octanol–water partition coefficient (Wildman–Crippen LogP) is 5.54. The molecule has 9 nitrogen and oxygen atoms in total. The first-order chi connectivity index (χ1) is 18.8. The van der Waals surface area contributed by atoms with E-state index in [9.17, 15) is 9.59 Å². The van der Waals surface area contributed by atoms with Crippen molar-refractivity contribution in [3.05, 3.63) is 0 Å². The SMILES string of the molecule is CC(O)C(=O)O.CCC(O)(O)C(C)N.CCCCCCCCCCCCCCCCCC(=O)NC(CC)N(C)C. The number of carboxylic acids is 1. The summed E-state index contributed by atoms with van der Waals surface area (Å²) in [5.41, 5.74) is 5.18. The van der Waals surface area contributed by atoms with E-state index in [1.54, 1.807) is 13.8 Å². The molecule has 0 aromatic heterocycles. The van der Waals surface area contributed by atoms with Crippen LogP contribution in [0.25, 0.3) is 0 Å². The maximum atomic E-state index is 11.9. The average Bonchev–Trinajstić information content (AvgIpc) is 2.89. The first-order valence-corrected chi connectivity index (χ1v) is 15.8. The molecule has 242 valence electrons. The number of nitrogens with two attached hydrogens (primary N) is 1. The minimum atomic E-state index is -1.68. The molecule has 7 N–H and O–H groups in total. The highest BCUT2D eigenvalue weighted by molar-refractivity contribution is 5.76. The van der Waals surface area contributed by atoms with Crippen LogP contribution in [0.1, 0.15) is 150 Å². The zero-order valence-corrected chi connectivity index (χ0v) is 27.1. The molecule has 9 heteroatoms. The fraction of sp³-hybridized carbons (Fsp3) is 0.935. The standard InChI is InChI=1S/C23H48N2O.C5H13NO2.C3H6O3/c1-5-7-8-9-10-11-12-13-14-15-16-17-18-19-20-21-23(26)24-22(6-2)25(3)4;1-3-5(7,8)4(2)6;1-2(4)3(5)6/h22H,5-21H2,1-4H3,(H,24,26);4,7-8H,3,6H2,1-2H3;2,4H,1H3,(H,5,6). The molecule has 0 aliphatic heterocycles. The number of aliphatic carboxylic acids is 1. The van der Waals surface area contributed by atoms with Crippen molar-refractivity contribution in [2.75, 3.05) is 14.1 Å². The Balaban J connectivity index is -0.000000796. The summed E-state index contributed by atoms with van der Waals surface area (Å²) >= 11 is 0. The molecule has 40 heavy (non-hydrogen) atoms. The van der Waals surface area contributed by atoms with E-state index in [2.05, 4.69) is 24.1 Å². The summed E-state index contributed by atoms with van der Waals surface area (Å²) in [6.07, 6.45) is 21.3. The topological polar surface area (TPSA) is 156 Å². The van der Waals surface area contributed by atoms with Crippen LogP contribution < -0.4 is 11.1 Å². The van der Waals surface area contributed by atoms with Gasteiger partial charge in [-0.2, -0.15) is 0 Å². The van der Waals surface area contributed by atoms with Gasteiger partial charge in [0, 0.05) is 6.42 Å². The number of unbranched alkanes of at least 4 members (excludes halogenated alkanes) is 14. The third-order valence-electron chi connectivity index (χ3n) is 6.95. The Morgan fingerprint density at radius 3 is 1.35 bits per heavy atom. The molecular formula is C31H67N3O6. The van der Waals surface area contributed by atoms with Crippen molar-refractivity contribution in [2.45, 2.75) is 174 Å². The highest BCUT2D eigenvalue weighted by Crippen LogP contribution is 2.14. The molecule has 3 atom stereocenters. The van der Waals surface area contributed by atoms with E-state index in [1.165, 1.54) is 96.8 Å². The summed E-state index contributed by atoms with van der Waals surface area (Å²) in [6, 6.07) is -0.576. The van der Waals surface area contributed by atoms with E-state index in [-0.39, 0.29) is 18.5 Å². The normalized spacial score (nSPS) is 13.4. The van der Waals surface area contributed by atoms with E-state index in [0.29, 0.717) is 6.42 Å². The van der Waals surface area contributed by atoms with Crippen molar-refractivity contribution >= 4 is 11.9 Å². The summed E-state index contributed by atoms with van der Waals surface area (Å²) in [5, 5.41) is 36.5. The molecule has 0 radical (unpaired) electrons. The van der Waals surface area contributed by atoms with Gasteiger partial charge in [-0.1, -0.05) is 111 Å². The molecule has 0 saturated carbocycles. The maximum Gasteiger partial charge on any atom is 0.332 e. The number of amides is 1. The highest BCUT2D eigenvalue weighted by Gasteiger charge is 2.24. The minimum absolute atomic E-state index is 0.179. The lowest BCUT2D eigenvalue weighted by atomic mass is 10.0. The Morgan fingerprint density at radius 1 is 0.775 bits per heavy atom. The average molecular weight is 578 g/mol. The van der Waals surface area contributed by atoms with Gasteiger partial charge in [0.1, 0.15) is 6.10 Å². The van der Waals surface area contributed by atoms with E-state index >= 15 is 0 Å². The quantitative estimate of drug-likeness (QED) is 0.0723. The summed E-state index contributed by atoms with van der Waals surface area (Å²) in [6.45, 7) is 8.82. The summed E-state index contributed by atoms with van der Waals surface area (Å²) in [7, 11) is 4.03. The van der Waals surface area contributed by atoms with Gasteiger partial charge in [-0.3, -0.25) is 9.69 Å². The molecule has 0 rings (SSSR count). The monoisotopic (exact) mass is 578 g/mol. The zero-order valence-electron chi connectivity index (χ0n) is 27.1. The van der Waals surface area contributed by atoms with Crippen LogP contribution in [0.3, 0.4) is 0 Å². The van der Waals surface area contributed by atoms with Crippen molar-refractivity contribution < 1.29 is 30.0 Å². The summed E-state index contributed by atoms with van der Waals surface area (Å²) < 4.78 is 0. The van der Waals surface area contributed by atoms with Gasteiger partial charge in [-0.15, -0.1) is 0 Å². The van der Waals surface area contributed by atoms with Crippen LogP contribution in [0, 0.1) is 0 Å². The molecule has 0 aromatic carbocycles. The van der Waals surface area contributed by atoms with Crippen molar-refractivity contribution in [3.8, 4) is 0 Å². The number of rotatable bonds is 22. The van der Waals surface area contributed by atoms with Crippen molar-refractivity contribution in [2.24, 2.45) is 5.73 Å². The van der Waals surface area contributed by atoms with Crippen LogP contribution in [0.2, 0.25) is 0 Å². The molecule has 0 spiro atoms. The number of carbonyl (C=O) groups is 2. The summed E-state index contributed by atoms with van der Waals surface area (Å²) in [4.78, 5) is 23.4. The molecule has 0 aliphatic rings. The first kappa shape index (κ1) is 43.2. The van der Waals surface area contributed by atoms with Crippen molar-refractivity contribution in [1.29, 1.82) is 0 Å². The third kappa shape index (κ3) is 31.3. The fourth-order valence-electron chi connectivity index (χ4n) is 3.83. The van der Waals surface area contributed by atoms with Crippen molar-refractivity contribution in [1.82, 2.24) is 10.2 Å². The lowest BCUT2D eigenvalue weighted by molar-refractivity contribution is -0.174. The molecule has 0 bridgehead atoms. The minimum Gasteiger partial charge on any atom is -0.479 e. The van der Waals surface area contributed by atoms with E-state index in [1.807, 2.05) is 14.1 Å². The van der Waals surface area contributed by atoms with Gasteiger partial charge < -0.3 is 31.5 Å². The van der Waals surface area contributed by atoms with Crippen LogP contribution in [-0.2, 0) is 9.59 Å². The fourth-order valence-corrected chi connectivity index (χ4v) is 3.83. The summed E-state index contributed by atoms with van der Waals surface area (Å²) in [5.74, 6) is -2.66. The van der Waals surface area contributed by atoms with Gasteiger partial charge in [0.05, 0.1) is 12.2 Å². The van der Waals surface area contributed by atoms with Crippen LogP contribution in [0.4, 0.5) is 0 Å². The Morgan fingerprint density at radius 2 is 1.12 bits per heavy atom. The number of aliphatic hydroxyl groups is 3. The highest BCUT2D eigenvalue weighted by atomic mass is 16.5. The molecular weight excluding hydrogens is 510 g/mol. The Labute approximate surface area is 246 Å². The number of hydrogen-bond acceptors (Lipinski definition) is 7. The number of aliphatic hydroxyl groups excluding tert-OH is 1. The molecule has 0 aromatic rings. The lowest BCUT2D eigenvalue weighted by Crippen LogP contribution is -2.45. The Bertz CT molecular complexity index is 571. The smallest absolute Gasteiger partial charge is 0.332 e. The second-order valence-corrected chi connectivity index (χ2v) is 11.2. The molecule has 0 saturated heterocycles. The van der Waals surface area contributed by atoms with Crippen LogP contribution in [0.5, 0.6) is 0 Å². The van der Waals surface area contributed by atoms with Gasteiger partial charge in [0.2, 0.25) is 5.91 Å². The molecule has 0 aliphatic carbocycles. The number of nitrogens with one attached hydrogen (secondary N) is 1. The molecule has 0 fully saturated rings.